The molecule has 2 N–H and O–H groups in total. The summed E-state index contributed by atoms with van der Waals surface area (Å²) in [5, 5.41) is 0. The molecular weight excluding hydrogens is 329 g/mol. The molecule has 0 aromatic heterocycles. The van der Waals surface area contributed by atoms with Crippen molar-refractivity contribution >= 4 is 33.1 Å². The first kappa shape index (κ1) is 14.0. The molecule has 0 aliphatic heterocycles. The number of nitrogens with two attached hydrogens (primary N) is 1. The Bertz CT molecular complexity index is 598. The van der Waals surface area contributed by atoms with Crippen LogP contribution in [0.25, 0.3) is 0 Å². The number of halogens is 2. The Morgan fingerprint density at radius 3 is 2.74 bits per heavy atom. The highest BCUT2D eigenvalue weighted by atomic mass is 79.9. The topological polar surface area (TPSA) is 35.2 Å². The predicted molar refractivity (Wildman–Crippen MR) is 80.8 cm³/mol. The van der Waals surface area contributed by atoms with E-state index in [1.54, 1.807) is 6.07 Å². The molecule has 0 saturated heterocycles. The Hall–Kier alpha value is -1.46. The van der Waals surface area contributed by atoms with Gasteiger partial charge in [-0.05, 0) is 23.8 Å². The summed E-state index contributed by atoms with van der Waals surface area (Å²) in [6.45, 7) is 0.326. The summed E-state index contributed by atoms with van der Waals surface area (Å²) < 4.78 is 19.4. The summed E-state index contributed by atoms with van der Waals surface area (Å²) in [5.41, 5.74) is 7.27. The lowest BCUT2D eigenvalue weighted by molar-refractivity contribution is 0.304. The molecule has 2 rings (SSSR count). The van der Waals surface area contributed by atoms with Crippen LogP contribution in [0.5, 0.6) is 5.75 Å². The van der Waals surface area contributed by atoms with Crippen LogP contribution < -0.4 is 10.5 Å². The highest BCUT2D eigenvalue weighted by Gasteiger charge is 2.02. The first-order valence-electron chi connectivity index (χ1n) is 5.52. The van der Waals surface area contributed by atoms with Crippen molar-refractivity contribution in [2.45, 2.75) is 6.61 Å². The third kappa shape index (κ3) is 4.01. The predicted octanol–water partition coefficient (Wildman–Crippen LogP) is 3.80. The van der Waals surface area contributed by atoms with E-state index in [2.05, 4.69) is 15.9 Å². The van der Waals surface area contributed by atoms with Crippen molar-refractivity contribution in [1.29, 1.82) is 0 Å². The van der Waals surface area contributed by atoms with E-state index in [1.165, 1.54) is 12.1 Å². The van der Waals surface area contributed by atoms with E-state index in [0.29, 0.717) is 21.8 Å². The van der Waals surface area contributed by atoms with Gasteiger partial charge in [0, 0.05) is 16.1 Å². The van der Waals surface area contributed by atoms with Gasteiger partial charge in [0.2, 0.25) is 0 Å². The Morgan fingerprint density at radius 2 is 2.05 bits per heavy atom. The van der Waals surface area contributed by atoms with Crippen molar-refractivity contribution in [3.05, 3.63) is 63.9 Å². The minimum atomic E-state index is -0.346. The fourth-order valence-corrected chi connectivity index (χ4v) is 2.16. The van der Waals surface area contributed by atoms with Crippen LogP contribution in [-0.4, -0.2) is 4.99 Å². The molecule has 98 valence electrons. The third-order valence-electron chi connectivity index (χ3n) is 2.45. The van der Waals surface area contributed by atoms with Crippen LogP contribution in [0.4, 0.5) is 4.39 Å². The van der Waals surface area contributed by atoms with Gasteiger partial charge in [0.15, 0.2) is 0 Å². The van der Waals surface area contributed by atoms with E-state index in [0.717, 1.165) is 11.1 Å². The van der Waals surface area contributed by atoms with E-state index >= 15 is 0 Å². The molecule has 0 unspecified atom stereocenters. The summed E-state index contributed by atoms with van der Waals surface area (Å²) in [4.78, 5) is 0.343. The Labute approximate surface area is 124 Å². The molecule has 0 radical (unpaired) electrons. The average molecular weight is 340 g/mol. The molecule has 0 heterocycles. The molecule has 0 saturated carbocycles. The quantitative estimate of drug-likeness (QED) is 0.860. The van der Waals surface area contributed by atoms with Gasteiger partial charge < -0.3 is 10.5 Å². The number of ether oxygens (including phenoxy) is 1. The van der Waals surface area contributed by atoms with Gasteiger partial charge in [-0.1, -0.05) is 46.3 Å². The summed E-state index contributed by atoms with van der Waals surface area (Å²) in [7, 11) is 0. The van der Waals surface area contributed by atoms with Crippen LogP contribution >= 0.6 is 28.1 Å². The fourth-order valence-electron chi connectivity index (χ4n) is 1.59. The van der Waals surface area contributed by atoms with Crippen LogP contribution in [-0.2, 0) is 6.61 Å². The molecule has 0 aliphatic rings. The molecule has 0 bridgehead atoms. The molecular formula is C14H11BrFNOS. The van der Waals surface area contributed by atoms with Crippen molar-refractivity contribution in [3.63, 3.8) is 0 Å². The number of thiocarbonyl (C=S) groups is 1. The molecule has 0 aliphatic carbocycles. The van der Waals surface area contributed by atoms with Crippen LogP contribution in [0.1, 0.15) is 11.1 Å². The first-order valence-corrected chi connectivity index (χ1v) is 6.72. The minimum absolute atomic E-state index is 0.326. The van der Waals surface area contributed by atoms with Crippen LogP contribution in [0.15, 0.2) is 46.9 Å². The second kappa shape index (κ2) is 6.12. The lowest BCUT2D eigenvalue weighted by Crippen LogP contribution is -2.09. The maximum absolute atomic E-state index is 13.2. The minimum Gasteiger partial charge on any atom is -0.489 e. The number of hydrogen-bond donors (Lipinski definition) is 1. The number of hydrogen-bond acceptors (Lipinski definition) is 2. The van der Waals surface area contributed by atoms with Gasteiger partial charge in [-0.15, -0.1) is 0 Å². The molecule has 2 aromatic carbocycles. The molecule has 2 nitrogen and oxygen atoms in total. The first-order chi connectivity index (χ1) is 9.04. The second-order valence-electron chi connectivity index (χ2n) is 3.96. The van der Waals surface area contributed by atoms with E-state index in [1.807, 2.05) is 24.3 Å². The maximum atomic E-state index is 13.2. The molecule has 0 fully saturated rings. The van der Waals surface area contributed by atoms with E-state index in [9.17, 15) is 4.39 Å². The molecule has 2 aromatic rings. The summed E-state index contributed by atoms with van der Waals surface area (Å²) in [5.74, 6) is 0.119. The Kier molecular flexibility index (Phi) is 4.50. The smallest absolute Gasteiger partial charge is 0.128 e. The second-order valence-corrected chi connectivity index (χ2v) is 5.31. The normalized spacial score (nSPS) is 10.2. The highest BCUT2D eigenvalue weighted by Crippen LogP contribution is 2.21. The standard InChI is InChI=1S/C14H11BrFNOS/c15-11-5-12(16)7-13(6-11)18-8-9-2-1-3-10(4-9)14(17)19/h1-7H,8H2,(H2,17,19). The zero-order valence-corrected chi connectivity index (χ0v) is 12.3. The molecule has 5 heteroatoms. The van der Waals surface area contributed by atoms with Crippen LogP contribution in [0.2, 0.25) is 0 Å². The Morgan fingerprint density at radius 1 is 1.26 bits per heavy atom. The van der Waals surface area contributed by atoms with Gasteiger partial charge in [-0.3, -0.25) is 0 Å². The highest BCUT2D eigenvalue weighted by molar-refractivity contribution is 9.10. The van der Waals surface area contributed by atoms with Crippen LogP contribution in [0, 0.1) is 5.82 Å². The van der Waals surface area contributed by atoms with Gasteiger partial charge >= 0.3 is 0 Å². The zero-order chi connectivity index (χ0) is 13.8. The monoisotopic (exact) mass is 339 g/mol. The molecule has 19 heavy (non-hydrogen) atoms. The van der Waals surface area contributed by atoms with Crippen LogP contribution in [0.3, 0.4) is 0 Å². The van der Waals surface area contributed by atoms with E-state index < -0.39 is 0 Å². The van der Waals surface area contributed by atoms with Crippen molar-refractivity contribution in [1.82, 2.24) is 0 Å². The number of benzene rings is 2. The van der Waals surface area contributed by atoms with Gasteiger partial charge in [0.25, 0.3) is 0 Å². The molecule has 0 amide bonds. The Balaban J connectivity index is 2.10. The summed E-state index contributed by atoms with van der Waals surface area (Å²) >= 11 is 8.13. The lowest BCUT2D eigenvalue weighted by Gasteiger charge is -2.08. The third-order valence-corrected chi connectivity index (χ3v) is 3.15. The number of rotatable bonds is 4. The van der Waals surface area contributed by atoms with Gasteiger partial charge in [-0.25, -0.2) is 4.39 Å². The maximum Gasteiger partial charge on any atom is 0.128 e. The van der Waals surface area contributed by atoms with E-state index in [4.69, 9.17) is 22.7 Å². The summed E-state index contributed by atoms with van der Waals surface area (Å²) in [6.07, 6.45) is 0. The largest absolute Gasteiger partial charge is 0.489 e. The van der Waals surface area contributed by atoms with Gasteiger partial charge in [0.1, 0.15) is 23.2 Å². The van der Waals surface area contributed by atoms with Gasteiger partial charge in [0.05, 0.1) is 0 Å². The molecule has 0 spiro atoms. The SMILES string of the molecule is NC(=S)c1cccc(COc2cc(F)cc(Br)c2)c1. The van der Waals surface area contributed by atoms with Crippen molar-refractivity contribution in [3.8, 4) is 5.75 Å². The van der Waals surface area contributed by atoms with Crippen molar-refractivity contribution in [2.75, 3.05) is 0 Å². The average Bonchev–Trinajstić information content (AvgIpc) is 2.35. The van der Waals surface area contributed by atoms with E-state index in [-0.39, 0.29) is 5.82 Å². The molecule has 0 atom stereocenters. The lowest BCUT2D eigenvalue weighted by atomic mass is 10.1. The van der Waals surface area contributed by atoms with Crippen molar-refractivity contribution < 1.29 is 9.13 Å². The zero-order valence-electron chi connectivity index (χ0n) is 9.90. The summed E-state index contributed by atoms with van der Waals surface area (Å²) in [6, 6.07) is 11.9. The van der Waals surface area contributed by atoms with Crippen molar-refractivity contribution in [2.24, 2.45) is 5.73 Å². The van der Waals surface area contributed by atoms with Gasteiger partial charge in [-0.2, -0.15) is 0 Å². The fraction of sp³-hybridized carbons (Fsp3) is 0.0714.